The second-order valence-corrected chi connectivity index (χ2v) is 11.3. The molecule has 0 spiro atoms. The predicted octanol–water partition coefficient (Wildman–Crippen LogP) is 3.16. The topological polar surface area (TPSA) is 151 Å². The number of rotatable bonds is 8. The Balaban J connectivity index is 1.07. The van der Waals surface area contributed by atoms with Gasteiger partial charge in [0.2, 0.25) is 11.8 Å². The number of urea groups is 1. The number of carbonyl (C=O) groups excluding carboxylic acids is 3. The van der Waals surface area contributed by atoms with Crippen molar-refractivity contribution in [1.82, 2.24) is 34.2 Å². The van der Waals surface area contributed by atoms with Gasteiger partial charge in [-0.2, -0.15) is 0 Å². The van der Waals surface area contributed by atoms with Gasteiger partial charge in [0.1, 0.15) is 29.8 Å². The summed E-state index contributed by atoms with van der Waals surface area (Å²) >= 11 is 0. The molecule has 214 valence electrons. The first kappa shape index (κ1) is 26.0. The maximum Gasteiger partial charge on any atom is 0.331 e. The normalized spacial score (nSPS) is 20.0. The first-order chi connectivity index (χ1) is 20.2. The molecule has 2 N–H and O–H groups in total. The second-order valence-electron chi connectivity index (χ2n) is 11.3. The molecule has 2 atom stereocenters. The van der Waals surface area contributed by atoms with Crippen molar-refractivity contribution < 1.29 is 14.4 Å². The van der Waals surface area contributed by atoms with Gasteiger partial charge in [-0.05, 0) is 56.7 Å². The van der Waals surface area contributed by atoms with Crippen LogP contribution in [0.2, 0.25) is 0 Å². The van der Waals surface area contributed by atoms with Crippen LogP contribution in [0.15, 0.2) is 36.8 Å². The Morgan fingerprint density at radius 2 is 1.86 bits per heavy atom. The molecule has 0 aromatic carbocycles. The number of amides is 4. The number of nitrogens with one attached hydrogen (secondary N) is 2. The molecule has 3 fully saturated rings. The summed E-state index contributed by atoms with van der Waals surface area (Å²) < 4.78 is 1.93. The zero-order valence-electron chi connectivity index (χ0n) is 23.5. The molecule has 4 amide bonds. The van der Waals surface area contributed by atoms with Gasteiger partial charge in [-0.3, -0.25) is 19.4 Å². The number of aromatic nitrogens is 6. The Bertz CT molecular complexity index is 1760. The number of nitrogens with zero attached hydrogens (tertiary/aromatic N) is 8. The predicted molar refractivity (Wildman–Crippen MR) is 153 cm³/mol. The molecule has 2 aliphatic carbocycles. The molecule has 13 nitrogen and oxygen atoms in total. The Kier molecular flexibility index (Phi) is 6.10. The van der Waals surface area contributed by atoms with Crippen LogP contribution in [0.4, 0.5) is 22.1 Å². The van der Waals surface area contributed by atoms with Gasteiger partial charge >= 0.3 is 6.03 Å². The molecule has 1 aliphatic heterocycles. The van der Waals surface area contributed by atoms with Gasteiger partial charge in [-0.1, -0.05) is 0 Å². The number of hydrogen-bond donors (Lipinski definition) is 2. The van der Waals surface area contributed by atoms with Crippen molar-refractivity contribution in [2.45, 2.75) is 51.5 Å². The van der Waals surface area contributed by atoms with Crippen molar-refractivity contribution in [3.63, 3.8) is 0 Å². The molecule has 5 heterocycles. The number of fused-ring (bicyclic) bond motifs is 1. The lowest BCUT2D eigenvalue weighted by Gasteiger charge is -2.17. The standard InChI is InChI=1S/C29H30N10O3/c1-15-6-7-30-26(32-15)20-9-21(20)28(41)36-24-10-23(33-16(2)34-24)31-11-19-13-38-12-18(17-4-5-17)8-22(27(38)35-19)39-14-25(40)37(3)29(39)42/h6-8,10,12-13,17,20-21H,4-5,9,11,14H2,1-3H3,(H2,31,33,34,36,41). The molecular weight excluding hydrogens is 536 g/mol. The number of imide groups is 1. The maximum absolute atomic E-state index is 12.9. The molecule has 0 radical (unpaired) electrons. The van der Waals surface area contributed by atoms with E-state index in [2.05, 4.69) is 36.8 Å². The summed E-state index contributed by atoms with van der Waals surface area (Å²) in [4.78, 5) is 63.0. The number of aryl methyl sites for hydroxylation is 2. The number of anilines is 3. The van der Waals surface area contributed by atoms with E-state index in [0.29, 0.717) is 53.5 Å². The van der Waals surface area contributed by atoms with E-state index in [4.69, 9.17) is 4.98 Å². The van der Waals surface area contributed by atoms with Gasteiger partial charge in [-0.15, -0.1) is 0 Å². The van der Waals surface area contributed by atoms with E-state index in [0.717, 1.165) is 34.7 Å². The van der Waals surface area contributed by atoms with Gasteiger partial charge in [0.15, 0.2) is 5.65 Å². The molecule has 4 aromatic heterocycles. The van der Waals surface area contributed by atoms with Gasteiger partial charge in [0.05, 0.1) is 17.9 Å². The molecule has 0 bridgehead atoms. The highest BCUT2D eigenvalue weighted by Gasteiger charge is 2.46. The van der Waals surface area contributed by atoms with E-state index in [1.807, 2.05) is 29.7 Å². The molecule has 7 rings (SSSR count). The average molecular weight is 567 g/mol. The van der Waals surface area contributed by atoms with Gasteiger partial charge in [0.25, 0.3) is 0 Å². The van der Waals surface area contributed by atoms with Crippen molar-refractivity contribution in [3.05, 3.63) is 65.4 Å². The monoisotopic (exact) mass is 566 g/mol. The highest BCUT2D eigenvalue weighted by molar-refractivity contribution is 6.13. The third kappa shape index (κ3) is 4.91. The maximum atomic E-state index is 12.9. The summed E-state index contributed by atoms with van der Waals surface area (Å²) in [5, 5.41) is 6.20. The zero-order chi connectivity index (χ0) is 29.1. The minimum absolute atomic E-state index is 0.00607. The van der Waals surface area contributed by atoms with Crippen LogP contribution in [0.3, 0.4) is 0 Å². The highest BCUT2D eigenvalue weighted by Crippen LogP contribution is 2.46. The fourth-order valence-electron chi connectivity index (χ4n) is 5.40. The van der Waals surface area contributed by atoms with Crippen LogP contribution in [0.5, 0.6) is 0 Å². The fraction of sp³-hybridized carbons (Fsp3) is 0.379. The van der Waals surface area contributed by atoms with Crippen LogP contribution < -0.4 is 15.5 Å². The average Bonchev–Trinajstić information content (AvgIpc) is 3.88. The Hall–Kier alpha value is -4.94. The first-order valence-electron chi connectivity index (χ1n) is 14.0. The van der Waals surface area contributed by atoms with E-state index >= 15 is 0 Å². The fourth-order valence-corrected chi connectivity index (χ4v) is 5.40. The molecule has 4 aromatic rings. The summed E-state index contributed by atoms with van der Waals surface area (Å²) in [7, 11) is 1.50. The first-order valence-corrected chi connectivity index (χ1v) is 14.0. The van der Waals surface area contributed by atoms with Crippen LogP contribution in [-0.4, -0.2) is 65.7 Å². The lowest BCUT2D eigenvalue weighted by molar-refractivity contribution is -0.124. The number of pyridine rings is 1. The number of likely N-dealkylation sites (N-methyl/N-ethyl adjacent to an activating group) is 1. The van der Waals surface area contributed by atoms with E-state index < -0.39 is 0 Å². The molecule has 3 aliphatic rings. The minimum atomic E-state index is -0.354. The SMILES string of the molecule is Cc1ccnc(C2CC2C(=O)Nc2cc(NCc3cn4cc(C5CC5)cc(N5CC(=O)N(C)C5=O)c4n3)nc(C)n2)n1. The van der Waals surface area contributed by atoms with Gasteiger partial charge in [0, 0.05) is 49.2 Å². The minimum Gasteiger partial charge on any atom is -0.364 e. The van der Waals surface area contributed by atoms with Crippen LogP contribution >= 0.6 is 0 Å². The Labute approximate surface area is 241 Å². The summed E-state index contributed by atoms with van der Waals surface area (Å²) in [5.41, 5.74) is 3.98. The zero-order valence-corrected chi connectivity index (χ0v) is 23.5. The van der Waals surface area contributed by atoms with Crippen molar-refractivity contribution in [2.24, 2.45) is 5.92 Å². The van der Waals surface area contributed by atoms with Crippen LogP contribution in [0.1, 0.15) is 59.7 Å². The van der Waals surface area contributed by atoms with Crippen LogP contribution in [-0.2, 0) is 16.1 Å². The smallest absolute Gasteiger partial charge is 0.331 e. The van der Waals surface area contributed by atoms with Crippen molar-refractivity contribution in [3.8, 4) is 0 Å². The van der Waals surface area contributed by atoms with Crippen molar-refractivity contribution >= 4 is 40.8 Å². The Morgan fingerprint density at radius 3 is 2.60 bits per heavy atom. The summed E-state index contributed by atoms with van der Waals surface area (Å²) in [6.07, 6.45) is 8.60. The van der Waals surface area contributed by atoms with E-state index in [1.165, 1.54) is 11.9 Å². The molecule has 42 heavy (non-hydrogen) atoms. The number of imidazole rings is 1. The summed E-state index contributed by atoms with van der Waals surface area (Å²) in [5.74, 6) is 2.09. The third-order valence-electron chi connectivity index (χ3n) is 7.94. The third-order valence-corrected chi connectivity index (χ3v) is 7.94. The second kappa shape index (κ2) is 9.86. The molecular formula is C29H30N10O3. The molecule has 2 saturated carbocycles. The summed E-state index contributed by atoms with van der Waals surface area (Å²) in [6.45, 7) is 4.02. The lowest BCUT2D eigenvalue weighted by Crippen LogP contribution is -2.30. The summed E-state index contributed by atoms with van der Waals surface area (Å²) in [6, 6.07) is 5.17. The number of carbonyl (C=O) groups is 3. The molecule has 1 saturated heterocycles. The highest BCUT2D eigenvalue weighted by atomic mass is 16.2. The van der Waals surface area contributed by atoms with E-state index in [-0.39, 0.29) is 36.2 Å². The van der Waals surface area contributed by atoms with Crippen molar-refractivity contribution in [1.29, 1.82) is 0 Å². The van der Waals surface area contributed by atoms with Gasteiger partial charge < -0.3 is 15.0 Å². The Morgan fingerprint density at radius 1 is 1.05 bits per heavy atom. The van der Waals surface area contributed by atoms with Crippen molar-refractivity contribution in [2.75, 3.05) is 29.1 Å². The molecule has 13 heteroatoms. The van der Waals surface area contributed by atoms with E-state index in [9.17, 15) is 14.4 Å². The van der Waals surface area contributed by atoms with Crippen LogP contribution in [0, 0.1) is 19.8 Å². The van der Waals surface area contributed by atoms with E-state index in [1.54, 1.807) is 19.2 Å². The largest absolute Gasteiger partial charge is 0.364 e. The van der Waals surface area contributed by atoms with Crippen LogP contribution in [0.25, 0.3) is 5.65 Å². The van der Waals surface area contributed by atoms with Gasteiger partial charge in [-0.25, -0.2) is 29.7 Å². The molecule has 2 unspecified atom stereocenters. The lowest BCUT2D eigenvalue weighted by atomic mass is 10.1. The number of hydrogen-bond acceptors (Lipinski definition) is 9. The quantitative estimate of drug-likeness (QED) is 0.307.